The molecule has 2 rings (SSSR count). The van der Waals surface area contributed by atoms with Gasteiger partial charge in [-0.3, -0.25) is 9.89 Å². The standard InChI is InChI=1S/C11H12ClN5O/c1-6-7(4-16-17-6)3-15-11(18)8-2-10(13)14-5-9(8)12/h2,4-5H,3H2,1H3,(H2,13,14)(H,15,18)(H,16,17). The minimum absolute atomic E-state index is 0.254. The normalized spacial score (nSPS) is 10.3. The smallest absolute Gasteiger partial charge is 0.253 e. The molecular formula is C11H12ClN5O. The summed E-state index contributed by atoms with van der Waals surface area (Å²) in [6, 6.07) is 1.44. The maximum atomic E-state index is 11.9. The molecule has 0 bridgehead atoms. The summed E-state index contributed by atoms with van der Waals surface area (Å²) in [4.78, 5) is 15.7. The summed E-state index contributed by atoms with van der Waals surface area (Å²) in [6.07, 6.45) is 3.02. The zero-order valence-corrected chi connectivity index (χ0v) is 10.5. The van der Waals surface area contributed by atoms with Crippen LogP contribution in [0.2, 0.25) is 5.02 Å². The van der Waals surface area contributed by atoms with E-state index in [1.807, 2.05) is 6.92 Å². The number of nitrogens with two attached hydrogens (primary N) is 1. The Bertz CT molecular complexity index is 581. The summed E-state index contributed by atoms with van der Waals surface area (Å²) in [5.74, 6) is -0.0428. The van der Waals surface area contributed by atoms with Crippen LogP contribution in [0.4, 0.5) is 5.82 Å². The van der Waals surface area contributed by atoms with Crippen LogP contribution in [0, 0.1) is 6.92 Å². The van der Waals surface area contributed by atoms with Gasteiger partial charge in [-0.1, -0.05) is 11.6 Å². The number of H-pyrrole nitrogens is 1. The predicted octanol–water partition coefficient (Wildman–Crippen LogP) is 1.28. The Balaban J connectivity index is 2.08. The Morgan fingerprint density at radius 2 is 2.33 bits per heavy atom. The van der Waals surface area contributed by atoms with Gasteiger partial charge >= 0.3 is 0 Å². The van der Waals surface area contributed by atoms with Crippen LogP contribution in [-0.2, 0) is 6.54 Å². The van der Waals surface area contributed by atoms with Gasteiger partial charge in [0.1, 0.15) is 5.82 Å². The van der Waals surface area contributed by atoms with Gasteiger partial charge in [0.05, 0.1) is 16.8 Å². The zero-order chi connectivity index (χ0) is 13.1. The molecular weight excluding hydrogens is 254 g/mol. The molecule has 6 nitrogen and oxygen atoms in total. The topological polar surface area (TPSA) is 96.7 Å². The van der Waals surface area contributed by atoms with Crippen molar-refractivity contribution in [3.8, 4) is 0 Å². The monoisotopic (exact) mass is 265 g/mol. The molecule has 0 saturated carbocycles. The Hall–Kier alpha value is -2.08. The molecule has 2 heterocycles. The second-order valence-electron chi connectivity index (χ2n) is 3.79. The minimum atomic E-state index is -0.297. The van der Waals surface area contributed by atoms with Crippen molar-refractivity contribution < 1.29 is 4.79 Å². The molecule has 0 aliphatic rings. The highest BCUT2D eigenvalue weighted by molar-refractivity contribution is 6.33. The summed E-state index contributed by atoms with van der Waals surface area (Å²) in [6.45, 7) is 2.26. The molecule has 0 aliphatic carbocycles. The number of aryl methyl sites for hydroxylation is 1. The maximum absolute atomic E-state index is 11.9. The second-order valence-corrected chi connectivity index (χ2v) is 4.20. The zero-order valence-electron chi connectivity index (χ0n) is 9.70. The number of nitrogens with one attached hydrogen (secondary N) is 2. The lowest BCUT2D eigenvalue weighted by atomic mass is 10.2. The molecule has 0 fully saturated rings. The Kier molecular flexibility index (Phi) is 3.47. The first-order valence-electron chi connectivity index (χ1n) is 5.26. The van der Waals surface area contributed by atoms with Crippen molar-refractivity contribution >= 4 is 23.3 Å². The molecule has 94 valence electrons. The fourth-order valence-corrected chi connectivity index (χ4v) is 1.64. The molecule has 0 radical (unpaired) electrons. The summed E-state index contributed by atoms with van der Waals surface area (Å²) in [5.41, 5.74) is 7.66. The van der Waals surface area contributed by atoms with E-state index in [9.17, 15) is 4.79 Å². The van der Waals surface area contributed by atoms with E-state index >= 15 is 0 Å². The van der Waals surface area contributed by atoms with Gasteiger partial charge in [0.15, 0.2) is 0 Å². The van der Waals surface area contributed by atoms with E-state index in [1.165, 1.54) is 12.3 Å². The Morgan fingerprint density at radius 3 is 3.00 bits per heavy atom. The number of amides is 1. The second kappa shape index (κ2) is 5.05. The lowest BCUT2D eigenvalue weighted by Gasteiger charge is -2.06. The predicted molar refractivity (Wildman–Crippen MR) is 68.2 cm³/mol. The Labute approximate surface area is 109 Å². The van der Waals surface area contributed by atoms with E-state index in [-0.39, 0.29) is 16.7 Å². The van der Waals surface area contributed by atoms with Crippen LogP contribution in [0.25, 0.3) is 0 Å². The number of aromatic nitrogens is 3. The molecule has 4 N–H and O–H groups in total. The summed E-state index contributed by atoms with van der Waals surface area (Å²) in [7, 11) is 0. The van der Waals surface area contributed by atoms with E-state index in [0.717, 1.165) is 11.3 Å². The molecule has 0 unspecified atom stereocenters. The maximum Gasteiger partial charge on any atom is 0.253 e. The number of nitrogens with zero attached hydrogens (tertiary/aromatic N) is 2. The number of carbonyl (C=O) groups excluding carboxylic acids is 1. The SMILES string of the molecule is Cc1[nH]ncc1CNC(=O)c1cc(N)ncc1Cl. The van der Waals surface area contributed by atoms with Gasteiger partial charge in [0.25, 0.3) is 5.91 Å². The number of halogens is 1. The first-order valence-corrected chi connectivity index (χ1v) is 5.64. The molecule has 1 amide bonds. The number of rotatable bonds is 3. The quantitative estimate of drug-likeness (QED) is 0.779. The first-order chi connectivity index (χ1) is 8.58. The van der Waals surface area contributed by atoms with Crippen LogP contribution in [0.1, 0.15) is 21.6 Å². The number of nitrogen functional groups attached to an aromatic ring is 1. The number of hydrogen-bond donors (Lipinski definition) is 3. The van der Waals surface area contributed by atoms with Crippen molar-refractivity contribution in [2.75, 3.05) is 5.73 Å². The van der Waals surface area contributed by atoms with Gasteiger partial charge in [-0.25, -0.2) is 4.98 Å². The number of carbonyl (C=O) groups is 1. The first kappa shape index (κ1) is 12.4. The van der Waals surface area contributed by atoms with Crippen LogP contribution in [-0.4, -0.2) is 21.1 Å². The fraction of sp³-hybridized carbons (Fsp3) is 0.182. The van der Waals surface area contributed by atoms with Crippen LogP contribution >= 0.6 is 11.6 Å². The molecule has 0 aliphatic heterocycles. The average Bonchev–Trinajstić information content (AvgIpc) is 2.75. The molecule has 0 atom stereocenters. The third-order valence-corrected chi connectivity index (χ3v) is 2.80. The highest BCUT2D eigenvalue weighted by Gasteiger charge is 2.11. The number of pyridine rings is 1. The van der Waals surface area contributed by atoms with Crippen molar-refractivity contribution in [2.45, 2.75) is 13.5 Å². The van der Waals surface area contributed by atoms with E-state index in [2.05, 4.69) is 20.5 Å². The fourth-order valence-electron chi connectivity index (χ4n) is 1.45. The van der Waals surface area contributed by atoms with Gasteiger partial charge in [-0.05, 0) is 13.0 Å². The van der Waals surface area contributed by atoms with Gasteiger partial charge in [0.2, 0.25) is 0 Å². The number of aromatic amines is 1. The Morgan fingerprint density at radius 1 is 1.56 bits per heavy atom. The minimum Gasteiger partial charge on any atom is -0.384 e. The van der Waals surface area contributed by atoms with Crippen LogP contribution in [0.3, 0.4) is 0 Å². The highest BCUT2D eigenvalue weighted by atomic mass is 35.5. The van der Waals surface area contributed by atoms with Crippen LogP contribution in [0.15, 0.2) is 18.5 Å². The third-order valence-electron chi connectivity index (χ3n) is 2.49. The molecule has 2 aromatic rings. The van der Waals surface area contributed by atoms with Crippen molar-refractivity contribution in [1.29, 1.82) is 0 Å². The molecule has 0 saturated heterocycles. The van der Waals surface area contributed by atoms with E-state index in [1.54, 1.807) is 6.20 Å². The van der Waals surface area contributed by atoms with Gasteiger partial charge in [0, 0.05) is 24.0 Å². The van der Waals surface area contributed by atoms with Crippen molar-refractivity contribution in [3.05, 3.63) is 40.3 Å². The van der Waals surface area contributed by atoms with Crippen LogP contribution in [0.5, 0.6) is 0 Å². The molecule has 18 heavy (non-hydrogen) atoms. The largest absolute Gasteiger partial charge is 0.384 e. The van der Waals surface area contributed by atoms with Gasteiger partial charge < -0.3 is 11.1 Å². The van der Waals surface area contributed by atoms with E-state index < -0.39 is 0 Å². The van der Waals surface area contributed by atoms with Gasteiger partial charge in [-0.2, -0.15) is 5.10 Å². The number of anilines is 1. The molecule has 2 aromatic heterocycles. The van der Waals surface area contributed by atoms with Crippen molar-refractivity contribution in [1.82, 2.24) is 20.5 Å². The number of hydrogen-bond acceptors (Lipinski definition) is 4. The summed E-state index contributed by atoms with van der Waals surface area (Å²) >= 11 is 5.89. The van der Waals surface area contributed by atoms with Crippen molar-refractivity contribution in [2.24, 2.45) is 0 Å². The highest BCUT2D eigenvalue weighted by Crippen LogP contribution is 2.16. The molecule has 0 aromatic carbocycles. The lowest BCUT2D eigenvalue weighted by molar-refractivity contribution is 0.0951. The summed E-state index contributed by atoms with van der Waals surface area (Å²) < 4.78 is 0. The van der Waals surface area contributed by atoms with Gasteiger partial charge in [-0.15, -0.1) is 0 Å². The third kappa shape index (κ3) is 2.60. The van der Waals surface area contributed by atoms with Crippen LogP contribution < -0.4 is 11.1 Å². The lowest BCUT2D eigenvalue weighted by Crippen LogP contribution is -2.23. The van der Waals surface area contributed by atoms with E-state index in [0.29, 0.717) is 12.1 Å². The molecule has 7 heteroatoms. The van der Waals surface area contributed by atoms with E-state index in [4.69, 9.17) is 17.3 Å². The average molecular weight is 266 g/mol. The van der Waals surface area contributed by atoms with Crippen molar-refractivity contribution in [3.63, 3.8) is 0 Å². The molecule has 0 spiro atoms. The summed E-state index contributed by atoms with van der Waals surface area (Å²) in [5, 5.41) is 9.68.